The second-order valence-electron chi connectivity index (χ2n) is 0.430. The summed E-state index contributed by atoms with van der Waals surface area (Å²) in [5, 5.41) is 0. The molecule has 0 aliphatic rings. The summed E-state index contributed by atoms with van der Waals surface area (Å²) in [7, 11) is 0. The van der Waals surface area contributed by atoms with E-state index in [2.05, 4.69) is 32.3 Å². The largest absolute Gasteiger partial charge is 0.102 e. The van der Waals surface area contributed by atoms with Gasteiger partial charge in [-0.3, -0.25) is 0 Å². The minimum absolute atomic E-state index is 0.438. The van der Waals surface area contributed by atoms with Gasteiger partial charge in [-0.2, -0.15) is 0 Å². The lowest BCUT2D eigenvalue weighted by molar-refractivity contribution is -0.0991. The predicted octanol–water partition coefficient (Wildman–Crippen LogP) is 1.89. The van der Waals surface area contributed by atoms with Gasteiger partial charge in [-0.15, -0.1) is 8.96 Å². The van der Waals surface area contributed by atoms with Gasteiger partial charge in [-0.05, 0) is 0 Å². The van der Waals surface area contributed by atoms with Gasteiger partial charge in [0, 0.05) is 8.51 Å². The SMILES string of the molecule is FN(Br)N(F)Br. The molecule has 0 spiro atoms. The summed E-state index contributed by atoms with van der Waals surface area (Å²) >= 11 is 4.22. The molecule has 0 aromatic heterocycles. The molecule has 0 bridgehead atoms. The van der Waals surface area contributed by atoms with Crippen molar-refractivity contribution < 1.29 is 8.96 Å². The van der Waals surface area contributed by atoms with Gasteiger partial charge in [-0.1, -0.05) is 0 Å². The summed E-state index contributed by atoms with van der Waals surface area (Å²) in [6.45, 7) is 0. The van der Waals surface area contributed by atoms with E-state index in [0.29, 0.717) is 0 Å². The molecule has 0 fully saturated rings. The maximum Gasteiger partial charge on any atom is 0.0716 e. The second-order valence-corrected chi connectivity index (χ2v) is 1.60. The highest BCUT2D eigenvalue weighted by atomic mass is 79.9. The van der Waals surface area contributed by atoms with Crippen LogP contribution in [0, 0.1) is 0 Å². The van der Waals surface area contributed by atoms with Gasteiger partial charge in [0.2, 0.25) is 0 Å². The fourth-order valence-corrected chi connectivity index (χ4v) is 0. The van der Waals surface area contributed by atoms with Crippen LogP contribution in [-0.4, -0.2) is 8.51 Å². The summed E-state index contributed by atoms with van der Waals surface area (Å²) < 4.78 is 21.3. The second kappa shape index (κ2) is 2.84. The first-order valence-corrected chi connectivity index (χ1v) is 2.29. The van der Waals surface area contributed by atoms with Crippen molar-refractivity contribution in [2.24, 2.45) is 0 Å². The predicted molar refractivity (Wildman–Crippen MR) is 23.7 cm³/mol. The van der Waals surface area contributed by atoms with Gasteiger partial charge >= 0.3 is 0 Å². The highest BCUT2D eigenvalue weighted by Gasteiger charge is 2.02. The van der Waals surface area contributed by atoms with E-state index in [1.807, 2.05) is 0 Å². The minimum atomic E-state index is -0.438. The van der Waals surface area contributed by atoms with Gasteiger partial charge in [0.25, 0.3) is 0 Å². The van der Waals surface area contributed by atoms with E-state index in [1.165, 1.54) is 0 Å². The van der Waals surface area contributed by atoms with Crippen molar-refractivity contribution in [1.82, 2.24) is 8.51 Å². The van der Waals surface area contributed by atoms with Crippen LogP contribution in [0.1, 0.15) is 0 Å². The number of halogens is 4. The third-order valence-corrected chi connectivity index (χ3v) is 1.10. The van der Waals surface area contributed by atoms with Crippen LogP contribution in [0.3, 0.4) is 0 Å². The van der Waals surface area contributed by atoms with Crippen LogP contribution < -0.4 is 0 Å². The van der Waals surface area contributed by atoms with E-state index >= 15 is 0 Å². The Kier molecular flexibility index (Phi) is 3.19. The van der Waals surface area contributed by atoms with Gasteiger partial charge < -0.3 is 0 Å². The van der Waals surface area contributed by atoms with E-state index in [9.17, 15) is 8.96 Å². The maximum atomic E-state index is 11.1. The van der Waals surface area contributed by atoms with Crippen molar-refractivity contribution >= 4 is 32.3 Å². The van der Waals surface area contributed by atoms with Gasteiger partial charge in [0.1, 0.15) is 0 Å². The lowest BCUT2D eigenvalue weighted by Crippen LogP contribution is -2.06. The molecule has 0 saturated heterocycles. The zero-order valence-electron chi connectivity index (χ0n) is 2.41. The van der Waals surface area contributed by atoms with Crippen LogP contribution in [0.25, 0.3) is 0 Å². The third kappa shape index (κ3) is 2.95. The van der Waals surface area contributed by atoms with Gasteiger partial charge in [0.15, 0.2) is 0 Å². The van der Waals surface area contributed by atoms with Crippen molar-refractivity contribution in [3.05, 3.63) is 0 Å². The number of hydrazine groups is 1. The highest BCUT2D eigenvalue weighted by Crippen LogP contribution is 2.09. The molecule has 0 aromatic carbocycles. The zero-order chi connectivity index (χ0) is 5.15. The molecule has 0 aromatic rings. The van der Waals surface area contributed by atoms with E-state index in [-0.39, 0.29) is 0 Å². The molecule has 0 saturated carbocycles. The molecule has 0 rings (SSSR count). The average Bonchev–Trinajstić information content (AvgIpc) is 1.36. The van der Waals surface area contributed by atoms with Crippen LogP contribution in [-0.2, 0) is 0 Å². The molecule has 0 N–H and O–H groups in total. The standard InChI is InChI=1S/Br2F2N2/c1-5(3)6(2)4. The van der Waals surface area contributed by atoms with Crippen molar-refractivity contribution in [2.45, 2.75) is 0 Å². The van der Waals surface area contributed by atoms with Crippen molar-refractivity contribution in [3.63, 3.8) is 0 Å². The van der Waals surface area contributed by atoms with Crippen LogP contribution >= 0.6 is 32.3 Å². The molecular weight excluding hydrogens is 226 g/mol. The molecule has 0 heterocycles. The lowest BCUT2D eigenvalue weighted by atomic mass is 12.8. The number of nitrogens with zero attached hydrogens (tertiary/aromatic N) is 2. The Morgan fingerprint density at radius 1 is 1.00 bits per heavy atom. The minimum Gasteiger partial charge on any atom is -0.102 e. The first-order valence-electron chi connectivity index (χ1n) is 0.876. The fraction of sp³-hybridized carbons (Fsp3) is 0. The van der Waals surface area contributed by atoms with Crippen LogP contribution in [0.5, 0.6) is 0 Å². The lowest BCUT2D eigenvalue weighted by Gasteiger charge is -1.99. The topological polar surface area (TPSA) is 6.48 Å². The van der Waals surface area contributed by atoms with E-state index in [0.717, 1.165) is 0 Å². The Morgan fingerprint density at radius 2 is 1.17 bits per heavy atom. The number of hydrogen-bond donors (Lipinski definition) is 0. The monoisotopic (exact) mass is 224 g/mol. The Balaban J connectivity index is 2.99. The summed E-state index contributed by atoms with van der Waals surface area (Å²) in [4.78, 5) is 0. The normalized spacial score (nSPS) is 11.0. The molecule has 0 aliphatic heterocycles. The van der Waals surface area contributed by atoms with Crippen LogP contribution in [0.15, 0.2) is 0 Å². The van der Waals surface area contributed by atoms with E-state index in [4.69, 9.17) is 0 Å². The fourth-order valence-electron chi connectivity index (χ4n) is 0. The van der Waals surface area contributed by atoms with Crippen molar-refractivity contribution in [3.8, 4) is 0 Å². The molecule has 0 amide bonds. The number of hydrogen-bond acceptors (Lipinski definition) is 2. The van der Waals surface area contributed by atoms with Crippen molar-refractivity contribution in [1.29, 1.82) is 0 Å². The van der Waals surface area contributed by atoms with E-state index in [1.54, 1.807) is 0 Å². The Labute approximate surface area is 50.2 Å². The molecule has 2 nitrogen and oxygen atoms in total. The molecule has 38 valence electrons. The van der Waals surface area contributed by atoms with Gasteiger partial charge in [0.05, 0.1) is 32.3 Å². The highest BCUT2D eigenvalue weighted by molar-refractivity contribution is 9.09. The summed E-state index contributed by atoms with van der Waals surface area (Å²) in [6, 6.07) is 0. The van der Waals surface area contributed by atoms with Crippen LogP contribution in [0.4, 0.5) is 8.96 Å². The maximum absolute atomic E-state index is 11.1. The molecule has 6 heavy (non-hydrogen) atoms. The summed E-state index contributed by atoms with van der Waals surface area (Å²) in [5.41, 5.74) is 0. The molecule has 0 unspecified atom stereocenters. The van der Waals surface area contributed by atoms with E-state index < -0.39 is 8.51 Å². The Bertz CT molecular complexity index is 30.5. The summed E-state index contributed by atoms with van der Waals surface area (Å²) in [6.07, 6.45) is 0. The van der Waals surface area contributed by atoms with Crippen LogP contribution in [0.2, 0.25) is 0 Å². The smallest absolute Gasteiger partial charge is 0.0716 e. The quantitative estimate of drug-likeness (QED) is 0.497. The molecule has 0 aliphatic carbocycles. The molecular formula is Br2F2N2. The first kappa shape index (κ1) is 6.74. The molecule has 0 atom stereocenters. The Hall–Kier alpha value is 0.740. The average molecular weight is 226 g/mol. The summed E-state index contributed by atoms with van der Waals surface area (Å²) in [5.74, 6) is 0. The zero-order valence-corrected chi connectivity index (χ0v) is 5.58. The molecule has 6 heteroatoms. The molecule has 0 radical (unpaired) electrons. The Morgan fingerprint density at radius 3 is 1.17 bits per heavy atom. The van der Waals surface area contributed by atoms with Crippen molar-refractivity contribution in [2.75, 3.05) is 0 Å². The third-order valence-electron chi connectivity index (χ3n) is 0.114. The van der Waals surface area contributed by atoms with Gasteiger partial charge in [-0.25, -0.2) is 0 Å². The first-order chi connectivity index (χ1) is 2.64. The number of rotatable bonds is 1.